The summed E-state index contributed by atoms with van der Waals surface area (Å²) in [5.41, 5.74) is 2.87. The molecular formula is C22H30N2O3. The minimum absolute atomic E-state index is 0.0520. The maximum absolute atomic E-state index is 13.0. The van der Waals surface area contributed by atoms with Crippen LogP contribution in [0.1, 0.15) is 55.7 Å². The van der Waals surface area contributed by atoms with Crippen LogP contribution in [0.3, 0.4) is 0 Å². The van der Waals surface area contributed by atoms with Gasteiger partial charge in [0.1, 0.15) is 0 Å². The van der Waals surface area contributed by atoms with E-state index < -0.39 is 0 Å². The van der Waals surface area contributed by atoms with Crippen molar-refractivity contribution in [2.45, 2.75) is 57.0 Å². The molecule has 27 heavy (non-hydrogen) atoms. The standard InChI is InChI=1S/C22H30N2O3/c1-27-22(26)17-11-13-23(14-12-17)21(25)15-24(18-9-10-18)20-8-4-6-16-5-2-3-7-19(16)20/h2-3,5,7,17-18,20H,4,6,8-15H2,1H3/t20-/m0/s1. The molecule has 146 valence electrons. The van der Waals surface area contributed by atoms with Gasteiger partial charge in [-0.3, -0.25) is 14.5 Å². The van der Waals surface area contributed by atoms with Gasteiger partial charge in [0.15, 0.2) is 0 Å². The van der Waals surface area contributed by atoms with Gasteiger partial charge in [-0.25, -0.2) is 0 Å². The molecule has 2 fully saturated rings. The van der Waals surface area contributed by atoms with Crippen molar-refractivity contribution in [2.75, 3.05) is 26.7 Å². The van der Waals surface area contributed by atoms with Gasteiger partial charge in [-0.05, 0) is 56.1 Å². The smallest absolute Gasteiger partial charge is 0.308 e. The molecule has 5 nitrogen and oxygen atoms in total. The van der Waals surface area contributed by atoms with Gasteiger partial charge in [0.05, 0.1) is 19.6 Å². The Labute approximate surface area is 161 Å². The van der Waals surface area contributed by atoms with Crippen LogP contribution in [0.15, 0.2) is 24.3 Å². The number of benzene rings is 1. The molecule has 1 aromatic rings. The predicted molar refractivity (Wildman–Crippen MR) is 103 cm³/mol. The molecule has 0 unspecified atom stereocenters. The first-order chi connectivity index (χ1) is 13.2. The molecule has 0 N–H and O–H groups in total. The lowest BCUT2D eigenvalue weighted by atomic mass is 9.86. The fraction of sp³-hybridized carbons (Fsp3) is 0.636. The van der Waals surface area contributed by atoms with E-state index in [1.807, 2.05) is 4.90 Å². The average Bonchev–Trinajstić information content (AvgIpc) is 3.56. The topological polar surface area (TPSA) is 49.9 Å². The number of aryl methyl sites for hydroxylation is 1. The van der Waals surface area contributed by atoms with Crippen molar-refractivity contribution < 1.29 is 14.3 Å². The van der Waals surface area contributed by atoms with Gasteiger partial charge in [-0.1, -0.05) is 24.3 Å². The Balaban J connectivity index is 1.41. The summed E-state index contributed by atoms with van der Waals surface area (Å²) in [6, 6.07) is 9.67. The van der Waals surface area contributed by atoms with Crippen molar-refractivity contribution in [2.24, 2.45) is 5.92 Å². The first kappa shape index (κ1) is 18.5. The Morgan fingerprint density at radius 1 is 1.11 bits per heavy atom. The summed E-state index contributed by atoms with van der Waals surface area (Å²) >= 11 is 0. The number of likely N-dealkylation sites (tertiary alicyclic amines) is 1. The van der Waals surface area contributed by atoms with E-state index in [0.717, 1.165) is 12.8 Å². The van der Waals surface area contributed by atoms with Gasteiger partial charge in [-0.2, -0.15) is 0 Å². The monoisotopic (exact) mass is 370 g/mol. The van der Waals surface area contributed by atoms with Gasteiger partial charge in [-0.15, -0.1) is 0 Å². The number of rotatable bonds is 5. The highest BCUT2D eigenvalue weighted by molar-refractivity contribution is 5.79. The molecule has 1 saturated heterocycles. The highest BCUT2D eigenvalue weighted by Crippen LogP contribution is 2.40. The van der Waals surface area contributed by atoms with Crippen molar-refractivity contribution >= 4 is 11.9 Å². The zero-order valence-electron chi connectivity index (χ0n) is 16.2. The number of ether oxygens (including phenoxy) is 1. The fourth-order valence-corrected chi connectivity index (χ4v) is 4.76. The predicted octanol–water partition coefficient (Wildman–Crippen LogP) is 2.94. The third kappa shape index (κ3) is 4.03. The van der Waals surface area contributed by atoms with E-state index in [-0.39, 0.29) is 17.8 Å². The highest BCUT2D eigenvalue weighted by atomic mass is 16.5. The zero-order valence-corrected chi connectivity index (χ0v) is 16.2. The Kier molecular flexibility index (Phi) is 5.48. The molecular weight excluding hydrogens is 340 g/mol. The molecule has 4 rings (SSSR count). The summed E-state index contributed by atoms with van der Waals surface area (Å²) in [4.78, 5) is 29.1. The van der Waals surface area contributed by atoms with Gasteiger partial charge < -0.3 is 9.64 Å². The summed E-state index contributed by atoms with van der Waals surface area (Å²) < 4.78 is 4.85. The molecule has 0 spiro atoms. The molecule has 0 radical (unpaired) electrons. The SMILES string of the molecule is COC(=O)C1CCN(C(=O)CN(C2CC2)[C@H]2CCCc3ccccc32)CC1. The molecule has 2 aliphatic carbocycles. The number of nitrogens with zero attached hydrogens (tertiary/aromatic N) is 2. The van der Waals surface area contributed by atoms with E-state index in [2.05, 4.69) is 29.2 Å². The van der Waals surface area contributed by atoms with Crippen LogP contribution < -0.4 is 0 Å². The largest absolute Gasteiger partial charge is 0.469 e. The second-order valence-corrected chi connectivity index (χ2v) is 8.19. The fourth-order valence-electron chi connectivity index (χ4n) is 4.76. The molecule has 0 aromatic heterocycles. The van der Waals surface area contributed by atoms with Crippen molar-refractivity contribution in [1.29, 1.82) is 0 Å². The van der Waals surface area contributed by atoms with Gasteiger partial charge in [0, 0.05) is 25.2 Å². The van der Waals surface area contributed by atoms with Crippen LogP contribution in [0, 0.1) is 5.92 Å². The number of fused-ring (bicyclic) bond motifs is 1. The lowest BCUT2D eigenvalue weighted by Gasteiger charge is -2.38. The van der Waals surface area contributed by atoms with Crippen molar-refractivity contribution in [3.8, 4) is 0 Å². The summed E-state index contributed by atoms with van der Waals surface area (Å²) in [6.45, 7) is 1.84. The number of esters is 1. The molecule has 1 amide bonds. The minimum atomic E-state index is -0.138. The molecule has 5 heteroatoms. The van der Waals surface area contributed by atoms with Gasteiger partial charge >= 0.3 is 5.97 Å². The Bertz CT molecular complexity index is 693. The van der Waals surface area contributed by atoms with Crippen LogP contribution in [-0.4, -0.2) is 54.5 Å². The highest BCUT2D eigenvalue weighted by Gasteiger charge is 2.38. The first-order valence-electron chi connectivity index (χ1n) is 10.4. The Hall–Kier alpha value is -1.88. The van der Waals surface area contributed by atoms with Crippen LogP contribution in [0.2, 0.25) is 0 Å². The van der Waals surface area contributed by atoms with Crippen LogP contribution in [0.5, 0.6) is 0 Å². The molecule has 1 aromatic carbocycles. The Morgan fingerprint density at radius 3 is 2.56 bits per heavy atom. The van der Waals surface area contributed by atoms with Crippen molar-refractivity contribution in [1.82, 2.24) is 9.80 Å². The quantitative estimate of drug-likeness (QED) is 0.748. The number of methoxy groups -OCH3 is 1. The average molecular weight is 370 g/mol. The van der Waals surface area contributed by atoms with Crippen LogP contribution >= 0.6 is 0 Å². The molecule has 1 atom stereocenters. The van der Waals surface area contributed by atoms with E-state index in [4.69, 9.17) is 4.74 Å². The molecule has 1 heterocycles. The normalized spacial score (nSPS) is 23.2. The number of piperidine rings is 1. The van der Waals surface area contributed by atoms with Crippen LogP contribution in [0.25, 0.3) is 0 Å². The van der Waals surface area contributed by atoms with E-state index in [1.54, 1.807) is 0 Å². The number of hydrogen-bond donors (Lipinski definition) is 0. The molecule has 1 aliphatic heterocycles. The lowest BCUT2D eigenvalue weighted by molar-refractivity contribution is -0.149. The first-order valence-corrected chi connectivity index (χ1v) is 10.4. The van der Waals surface area contributed by atoms with E-state index >= 15 is 0 Å². The Morgan fingerprint density at radius 2 is 1.85 bits per heavy atom. The van der Waals surface area contributed by atoms with Crippen molar-refractivity contribution in [3.05, 3.63) is 35.4 Å². The second kappa shape index (κ2) is 8.01. The summed E-state index contributed by atoms with van der Waals surface area (Å²) in [5, 5.41) is 0. The lowest BCUT2D eigenvalue weighted by Crippen LogP contribution is -2.47. The molecule has 0 bridgehead atoms. The second-order valence-electron chi connectivity index (χ2n) is 8.19. The summed E-state index contributed by atoms with van der Waals surface area (Å²) in [7, 11) is 1.44. The number of carbonyl (C=O) groups excluding carboxylic acids is 2. The summed E-state index contributed by atoms with van der Waals surface area (Å²) in [5.74, 6) is 0.0256. The maximum Gasteiger partial charge on any atom is 0.308 e. The third-order valence-corrected chi connectivity index (χ3v) is 6.45. The summed E-state index contributed by atoms with van der Waals surface area (Å²) in [6.07, 6.45) is 7.34. The number of amides is 1. The van der Waals surface area contributed by atoms with Gasteiger partial charge in [0.25, 0.3) is 0 Å². The molecule has 1 saturated carbocycles. The maximum atomic E-state index is 13.0. The van der Waals surface area contributed by atoms with E-state index in [0.29, 0.717) is 44.6 Å². The van der Waals surface area contributed by atoms with Crippen LogP contribution in [0.4, 0.5) is 0 Å². The number of hydrogen-bond acceptors (Lipinski definition) is 4. The van der Waals surface area contributed by atoms with E-state index in [1.165, 1.54) is 37.5 Å². The molecule has 3 aliphatic rings. The van der Waals surface area contributed by atoms with Gasteiger partial charge in [0.2, 0.25) is 5.91 Å². The van der Waals surface area contributed by atoms with E-state index in [9.17, 15) is 9.59 Å². The van der Waals surface area contributed by atoms with Crippen LogP contribution in [-0.2, 0) is 20.7 Å². The van der Waals surface area contributed by atoms with Crippen molar-refractivity contribution in [3.63, 3.8) is 0 Å². The minimum Gasteiger partial charge on any atom is -0.469 e. The third-order valence-electron chi connectivity index (χ3n) is 6.45. The number of carbonyl (C=O) groups is 2. The zero-order chi connectivity index (χ0) is 18.8.